The van der Waals surface area contributed by atoms with Crippen molar-refractivity contribution in [2.24, 2.45) is 0 Å². The summed E-state index contributed by atoms with van der Waals surface area (Å²) in [7, 11) is 0. The summed E-state index contributed by atoms with van der Waals surface area (Å²) < 4.78 is 5.43. The molecule has 0 spiro atoms. The maximum Gasteiger partial charge on any atom is 0.270 e. The number of aromatic nitrogens is 1. The summed E-state index contributed by atoms with van der Waals surface area (Å²) in [5.41, 5.74) is 7.21. The van der Waals surface area contributed by atoms with Gasteiger partial charge in [-0.1, -0.05) is 18.2 Å². The zero-order valence-corrected chi connectivity index (χ0v) is 19.3. The quantitative estimate of drug-likeness (QED) is 0.282. The fraction of sp³-hybridized carbons (Fsp3) is 0.120. The maximum atomic E-state index is 13.0. The van der Waals surface area contributed by atoms with E-state index in [0.717, 1.165) is 4.90 Å². The first-order valence-corrected chi connectivity index (χ1v) is 11.4. The van der Waals surface area contributed by atoms with Gasteiger partial charge in [0.25, 0.3) is 11.8 Å². The molecule has 34 heavy (non-hydrogen) atoms. The second-order valence-electron chi connectivity index (χ2n) is 7.46. The zero-order valence-electron chi connectivity index (χ0n) is 18.5. The Morgan fingerprint density at radius 2 is 1.74 bits per heavy atom. The highest BCUT2D eigenvalue weighted by Gasteiger charge is 2.18. The largest absolute Gasteiger partial charge is 0.463 e. The number of nitrogens with zero attached hydrogens (tertiary/aromatic N) is 1. The Labute approximate surface area is 200 Å². The van der Waals surface area contributed by atoms with Gasteiger partial charge in [-0.15, -0.1) is 11.8 Å². The molecule has 2 aromatic heterocycles. The standard InChI is InChI=1S/C25H22N4O4S/c1-15(34-18-11-9-17(10-12-18)26-16(2)30)24(31)28-29-25(32)20-14-22(23-8-5-13-33-23)27-21-7-4-3-6-19(20)21/h3-15H,1-2H3,(H,26,30)(H,28,31)(H,29,32). The third kappa shape index (κ3) is 5.44. The number of pyridine rings is 1. The van der Waals surface area contributed by atoms with Gasteiger partial charge in [0, 0.05) is 22.9 Å². The number of para-hydroxylation sites is 1. The molecule has 0 radical (unpaired) electrons. The maximum absolute atomic E-state index is 13.0. The fourth-order valence-corrected chi connectivity index (χ4v) is 4.15. The van der Waals surface area contributed by atoms with Crippen molar-refractivity contribution in [2.75, 3.05) is 5.32 Å². The number of carbonyl (C=O) groups is 3. The first kappa shape index (κ1) is 23.1. The van der Waals surface area contributed by atoms with Crippen LogP contribution in [0.1, 0.15) is 24.2 Å². The Morgan fingerprint density at radius 1 is 0.971 bits per heavy atom. The molecule has 1 unspecified atom stereocenters. The summed E-state index contributed by atoms with van der Waals surface area (Å²) >= 11 is 1.33. The molecule has 172 valence electrons. The number of hydrazine groups is 1. The molecule has 3 amide bonds. The van der Waals surface area contributed by atoms with Gasteiger partial charge in [0.2, 0.25) is 5.91 Å². The van der Waals surface area contributed by atoms with Crippen LogP contribution in [0.2, 0.25) is 0 Å². The van der Waals surface area contributed by atoms with Crippen LogP contribution >= 0.6 is 11.8 Å². The van der Waals surface area contributed by atoms with Crippen molar-refractivity contribution < 1.29 is 18.8 Å². The smallest absolute Gasteiger partial charge is 0.270 e. The van der Waals surface area contributed by atoms with E-state index < -0.39 is 11.2 Å². The van der Waals surface area contributed by atoms with Crippen LogP contribution < -0.4 is 16.2 Å². The van der Waals surface area contributed by atoms with Crippen molar-refractivity contribution in [3.05, 3.63) is 78.6 Å². The molecule has 9 heteroatoms. The molecule has 0 fully saturated rings. The van der Waals surface area contributed by atoms with E-state index >= 15 is 0 Å². The number of thioether (sulfide) groups is 1. The Bertz CT molecular complexity index is 1340. The fourth-order valence-electron chi connectivity index (χ4n) is 3.28. The van der Waals surface area contributed by atoms with Crippen LogP contribution in [-0.2, 0) is 9.59 Å². The van der Waals surface area contributed by atoms with Gasteiger partial charge < -0.3 is 9.73 Å². The summed E-state index contributed by atoms with van der Waals surface area (Å²) in [6.07, 6.45) is 1.54. The van der Waals surface area contributed by atoms with Crippen LogP contribution in [0.5, 0.6) is 0 Å². The van der Waals surface area contributed by atoms with Gasteiger partial charge in [0.15, 0.2) is 5.76 Å². The number of hydrogen-bond acceptors (Lipinski definition) is 6. The van der Waals surface area contributed by atoms with Crippen molar-refractivity contribution in [3.63, 3.8) is 0 Å². The number of furan rings is 1. The lowest BCUT2D eigenvalue weighted by Crippen LogP contribution is -2.45. The van der Waals surface area contributed by atoms with Gasteiger partial charge in [-0.05, 0) is 55.5 Å². The minimum atomic E-state index is -0.472. The molecule has 0 saturated carbocycles. The highest BCUT2D eigenvalue weighted by molar-refractivity contribution is 8.00. The van der Waals surface area contributed by atoms with Gasteiger partial charge in [-0.2, -0.15) is 0 Å². The first-order chi connectivity index (χ1) is 16.4. The molecular weight excluding hydrogens is 452 g/mol. The Balaban J connectivity index is 1.43. The second kappa shape index (κ2) is 10.2. The van der Waals surface area contributed by atoms with Crippen molar-refractivity contribution in [1.82, 2.24) is 15.8 Å². The highest BCUT2D eigenvalue weighted by Crippen LogP contribution is 2.26. The highest BCUT2D eigenvalue weighted by atomic mass is 32.2. The van der Waals surface area contributed by atoms with Crippen molar-refractivity contribution in [2.45, 2.75) is 24.0 Å². The topological polar surface area (TPSA) is 113 Å². The molecule has 2 aromatic carbocycles. The van der Waals surface area contributed by atoms with Crippen molar-refractivity contribution in [3.8, 4) is 11.5 Å². The molecule has 0 aliphatic carbocycles. The second-order valence-corrected chi connectivity index (χ2v) is 8.87. The molecule has 8 nitrogen and oxygen atoms in total. The number of nitrogens with one attached hydrogen (secondary N) is 3. The van der Waals surface area contributed by atoms with Crippen LogP contribution in [0.4, 0.5) is 5.69 Å². The lowest BCUT2D eigenvalue weighted by atomic mass is 10.1. The number of amides is 3. The van der Waals surface area contributed by atoms with E-state index in [0.29, 0.717) is 33.6 Å². The third-order valence-corrected chi connectivity index (χ3v) is 6.00. The Hall–Kier alpha value is -4.11. The van der Waals surface area contributed by atoms with Crippen LogP contribution in [-0.4, -0.2) is 28.0 Å². The average Bonchev–Trinajstić information content (AvgIpc) is 3.37. The molecule has 2 heterocycles. The summed E-state index contributed by atoms with van der Waals surface area (Å²) in [4.78, 5) is 42.1. The summed E-state index contributed by atoms with van der Waals surface area (Å²) in [5.74, 6) is -0.425. The van der Waals surface area contributed by atoms with Crippen LogP contribution in [0.3, 0.4) is 0 Å². The number of benzene rings is 2. The van der Waals surface area contributed by atoms with E-state index in [-0.39, 0.29) is 11.8 Å². The minimum absolute atomic E-state index is 0.151. The lowest BCUT2D eigenvalue weighted by Gasteiger charge is -2.14. The number of fused-ring (bicyclic) bond motifs is 1. The third-order valence-electron chi connectivity index (χ3n) is 4.89. The predicted octanol–water partition coefficient (Wildman–Crippen LogP) is 4.40. The molecule has 0 aliphatic rings. The van der Waals surface area contributed by atoms with Crippen molar-refractivity contribution >= 4 is 46.1 Å². The van der Waals surface area contributed by atoms with E-state index in [4.69, 9.17) is 4.42 Å². The van der Waals surface area contributed by atoms with E-state index in [1.54, 1.807) is 49.6 Å². The number of hydrogen-bond donors (Lipinski definition) is 3. The summed E-state index contributed by atoms with van der Waals surface area (Å²) in [5, 5.41) is 2.88. The SMILES string of the molecule is CC(=O)Nc1ccc(SC(C)C(=O)NNC(=O)c2cc(-c3ccco3)nc3ccccc23)cc1. The molecule has 4 aromatic rings. The first-order valence-electron chi connectivity index (χ1n) is 10.5. The minimum Gasteiger partial charge on any atom is -0.463 e. The zero-order chi connectivity index (χ0) is 24.1. The number of rotatable bonds is 6. The van der Waals surface area contributed by atoms with Gasteiger partial charge in [-0.25, -0.2) is 4.98 Å². The molecule has 0 saturated heterocycles. The van der Waals surface area contributed by atoms with Crippen LogP contribution in [0, 0.1) is 0 Å². The van der Waals surface area contributed by atoms with Gasteiger partial charge in [0.1, 0.15) is 5.69 Å². The summed E-state index contributed by atoms with van der Waals surface area (Å²) in [6.45, 7) is 3.18. The molecular formula is C25H22N4O4S. The predicted molar refractivity (Wildman–Crippen MR) is 131 cm³/mol. The van der Waals surface area contributed by atoms with E-state index in [2.05, 4.69) is 21.2 Å². The van der Waals surface area contributed by atoms with Crippen LogP contribution in [0.15, 0.2) is 82.3 Å². The number of carbonyl (C=O) groups excluding carboxylic acids is 3. The van der Waals surface area contributed by atoms with Crippen molar-refractivity contribution in [1.29, 1.82) is 0 Å². The lowest BCUT2D eigenvalue weighted by molar-refractivity contribution is -0.121. The molecule has 0 bridgehead atoms. The molecule has 4 rings (SSSR count). The van der Waals surface area contributed by atoms with E-state index in [1.807, 2.05) is 30.3 Å². The normalized spacial score (nSPS) is 11.6. The molecule has 0 aliphatic heterocycles. The van der Waals surface area contributed by atoms with E-state index in [9.17, 15) is 14.4 Å². The number of anilines is 1. The van der Waals surface area contributed by atoms with Gasteiger partial charge in [-0.3, -0.25) is 25.2 Å². The molecule has 3 N–H and O–H groups in total. The molecule has 1 atom stereocenters. The van der Waals surface area contributed by atoms with E-state index in [1.165, 1.54) is 18.7 Å². The average molecular weight is 475 g/mol. The monoisotopic (exact) mass is 474 g/mol. The Morgan fingerprint density at radius 3 is 2.44 bits per heavy atom. The Kier molecular flexibility index (Phi) is 6.93. The van der Waals surface area contributed by atoms with Gasteiger partial charge in [0.05, 0.1) is 22.6 Å². The van der Waals surface area contributed by atoms with Crippen LogP contribution in [0.25, 0.3) is 22.4 Å². The van der Waals surface area contributed by atoms with Gasteiger partial charge >= 0.3 is 0 Å². The summed E-state index contributed by atoms with van der Waals surface area (Å²) in [6, 6.07) is 19.6.